The van der Waals surface area contributed by atoms with Gasteiger partial charge in [-0.25, -0.2) is 0 Å². The van der Waals surface area contributed by atoms with Gasteiger partial charge in [-0.1, -0.05) is 49.2 Å². The number of thioether (sulfide) groups is 1. The molecule has 2 atom stereocenters. The van der Waals surface area contributed by atoms with Crippen molar-refractivity contribution >= 4 is 23.6 Å². The number of hydrogen-bond donors (Lipinski definition) is 2. The zero-order valence-electron chi connectivity index (χ0n) is 18.0. The van der Waals surface area contributed by atoms with Crippen LogP contribution in [-0.4, -0.2) is 38.4 Å². The first-order valence-electron chi connectivity index (χ1n) is 10.7. The summed E-state index contributed by atoms with van der Waals surface area (Å²) >= 11 is 1.39. The third kappa shape index (κ3) is 5.84. The Balaban J connectivity index is 1.53. The number of carbonyl (C=O) groups is 2. The van der Waals surface area contributed by atoms with Crippen molar-refractivity contribution in [3.8, 4) is 0 Å². The molecule has 0 bridgehead atoms. The van der Waals surface area contributed by atoms with Crippen LogP contribution in [0, 0.1) is 12.8 Å². The molecule has 0 unspecified atom stereocenters. The monoisotopic (exact) mass is 429 g/mol. The molecule has 1 aliphatic rings. The lowest BCUT2D eigenvalue weighted by Crippen LogP contribution is -2.41. The first-order valence-corrected chi connectivity index (χ1v) is 11.7. The SMILES string of the molecule is CCn1c(CNC(=O)c2cccc(C)c2)nnc1SCC(=O)N[C@H]1CCCC[C@H]1C. The lowest BCUT2D eigenvalue weighted by molar-refractivity contribution is -0.119. The highest BCUT2D eigenvalue weighted by atomic mass is 32.2. The number of aromatic nitrogens is 3. The van der Waals surface area contributed by atoms with E-state index in [0.29, 0.717) is 41.3 Å². The Bertz CT molecular complexity index is 882. The van der Waals surface area contributed by atoms with Crippen LogP contribution in [0.4, 0.5) is 0 Å². The molecule has 0 saturated heterocycles. The number of carbonyl (C=O) groups excluding carboxylic acids is 2. The molecule has 3 rings (SSSR count). The van der Waals surface area contributed by atoms with Gasteiger partial charge in [0.2, 0.25) is 5.91 Å². The van der Waals surface area contributed by atoms with E-state index in [4.69, 9.17) is 0 Å². The van der Waals surface area contributed by atoms with Crippen LogP contribution in [0.3, 0.4) is 0 Å². The minimum atomic E-state index is -0.139. The lowest BCUT2D eigenvalue weighted by Gasteiger charge is -2.29. The molecule has 1 saturated carbocycles. The molecule has 30 heavy (non-hydrogen) atoms. The van der Waals surface area contributed by atoms with Crippen molar-refractivity contribution in [2.75, 3.05) is 5.75 Å². The fourth-order valence-corrected chi connectivity index (χ4v) is 4.66. The van der Waals surface area contributed by atoms with Crippen LogP contribution in [0.25, 0.3) is 0 Å². The van der Waals surface area contributed by atoms with Crippen LogP contribution in [0.5, 0.6) is 0 Å². The summed E-state index contributed by atoms with van der Waals surface area (Å²) in [6.07, 6.45) is 4.68. The van der Waals surface area contributed by atoms with Crippen molar-refractivity contribution in [1.29, 1.82) is 0 Å². The van der Waals surface area contributed by atoms with Gasteiger partial charge in [0.1, 0.15) is 0 Å². The van der Waals surface area contributed by atoms with Gasteiger partial charge >= 0.3 is 0 Å². The second-order valence-electron chi connectivity index (χ2n) is 7.92. The van der Waals surface area contributed by atoms with Crippen molar-refractivity contribution in [2.45, 2.75) is 70.7 Å². The van der Waals surface area contributed by atoms with E-state index in [1.165, 1.54) is 31.0 Å². The Hall–Kier alpha value is -2.35. The Kier molecular flexibility index (Phi) is 7.90. The molecule has 1 fully saturated rings. The Morgan fingerprint density at radius 3 is 2.77 bits per heavy atom. The topological polar surface area (TPSA) is 88.9 Å². The number of nitrogens with zero attached hydrogens (tertiary/aromatic N) is 3. The summed E-state index contributed by atoms with van der Waals surface area (Å²) < 4.78 is 1.94. The number of aryl methyl sites for hydroxylation is 1. The molecule has 8 heteroatoms. The normalized spacial score (nSPS) is 18.8. The summed E-state index contributed by atoms with van der Waals surface area (Å²) in [7, 11) is 0. The van der Waals surface area contributed by atoms with Crippen molar-refractivity contribution in [2.24, 2.45) is 5.92 Å². The first-order chi connectivity index (χ1) is 14.5. The molecule has 1 aromatic heterocycles. The number of rotatable bonds is 8. The van der Waals surface area contributed by atoms with E-state index in [1.807, 2.05) is 36.6 Å². The molecule has 0 radical (unpaired) electrons. The quantitative estimate of drug-likeness (QED) is 0.629. The molecule has 0 aliphatic heterocycles. The van der Waals surface area contributed by atoms with Gasteiger partial charge in [-0.3, -0.25) is 9.59 Å². The van der Waals surface area contributed by atoms with Crippen LogP contribution < -0.4 is 10.6 Å². The molecule has 162 valence electrons. The highest BCUT2D eigenvalue weighted by Crippen LogP contribution is 2.24. The van der Waals surface area contributed by atoms with E-state index in [2.05, 4.69) is 27.8 Å². The largest absolute Gasteiger partial charge is 0.352 e. The van der Waals surface area contributed by atoms with Crippen molar-refractivity contribution in [3.63, 3.8) is 0 Å². The summed E-state index contributed by atoms with van der Waals surface area (Å²) in [5.41, 5.74) is 1.67. The zero-order chi connectivity index (χ0) is 21.5. The summed E-state index contributed by atoms with van der Waals surface area (Å²) in [6, 6.07) is 7.75. The van der Waals surface area contributed by atoms with Crippen LogP contribution >= 0.6 is 11.8 Å². The van der Waals surface area contributed by atoms with Gasteiger partial charge in [0.05, 0.1) is 12.3 Å². The minimum Gasteiger partial charge on any atom is -0.352 e. The first kappa shape index (κ1) is 22.3. The summed E-state index contributed by atoms with van der Waals surface area (Å²) in [6.45, 7) is 7.14. The predicted octanol–water partition coefficient (Wildman–Crippen LogP) is 3.32. The Morgan fingerprint density at radius 1 is 1.23 bits per heavy atom. The number of nitrogens with one attached hydrogen (secondary N) is 2. The van der Waals surface area contributed by atoms with Crippen LogP contribution in [0.15, 0.2) is 29.4 Å². The highest BCUT2D eigenvalue weighted by molar-refractivity contribution is 7.99. The van der Waals surface area contributed by atoms with Gasteiger partial charge in [0.25, 0.3) is 5.91 Å². The fraction of sp³-hybridized carbons (Fsp3) is 0.545. The van der Waals surface area contributed by atoms with Gasteiger partial charge in [-0.15, -0.1) is 10.2 Å². The molecule has 2 aromatic rings. The summed E-state index contributed by atoms with van der Waals surface area (Å²) in [5.74, 6) is 1.44. The maximum absolute atomic E-state index is 12.4. The summed E-state index contributed by atoms with van der Waals surface area (Å²) in [4.78, 5) is 24.8. The standard InChI is InChI=1S/C22H31N5O2S/c1-4-27-19(13-23-21(29)17-10-7-8-15(2)12-17)25-26-22(27)30-14-20(28)24-18-11-6-5-9-16(18)3/h7-8,10,12,16,18H,4-6,9,11,13-14H2,1-3H3,(H,23,29)(H,24,28)/t16-,18+/m1/s1. The molecule has 2 amide bonds. The second-order valence-corrected chi connectivity index (χ2v) is 8.86. The molecule has 1 heterocycles. The molecule has 1 aliphatic carbocycles. The lowest BCUT2D eigenvalue weighted by atomic mass is 9.86. The highest BCUT2D eigenvalue weighted by Gasteiger charge is 2.23. The third-order valence-electron chi connectivity index (χ3n) is 5.59. The number of benzene rings is 1. The van der Waals surface area contributed by atoms with Crippen molar-refractivity contribution in [1.82, 2.24) is 25.4 Å². The predicted molar refractivity (Wildman–Crippen MR) is 118 cm³/mol. The summed E-state index contributed by atoms with van der Waals surface area (Å²) in [5, 5.41) is 15.2. The van der Waals surface area contributed by atoms with Gasteiger partial charge < -0.3 is 15.2 Å². The molecular weight excluding hydrogens is 398 g/mol. The maximum Gasteiger partial charge on any atom is 0.251 e. The molecule has 2 N–H and O–H groups in total. The van der Waals surface area contributed by atoms with Gasteiger partial charge in [0, 0.05) is 18.2 Å². The molecular formula is C22H31N5O2S. The average molecular weight is 430 g/mol. The van der Waals surface area contributed by atoms with Gasteiger partial charge in [0.15, 0.2) is 11.0 Å². The number of amides is 2. The smallest absolute Gasteiger partial charge is 0.251 e. The van der Waals surface area contributed by atoms with Crippen molar-refractivity contribution < 1.29 is 9.59 Å². The van der Waals surface area contributed by atoms with E-state index in [-0.39, 0.29) is 17.9 Å². The van der Waals surface area contributed by atoms with Crippen LogP contribution in [0.1, 0.15) is 61.3 Å². The van der Waals surface area contributed by atoms with E-state index in [1.54, 1.807) is 6.07 Å². The van der Waals surface area contributed by atoms with Crippen LogP contribution in [-0.2, 0) is 17.9 Å². The molecule has 0 spiro atoms. The average Bonchev–Trinajstić information content (AvgIpc) is 3.14. The van der Waals surface area contributed by atoms with E-state index >= 15 is 0 Å². The van der Waals surface area contributed by atoms with E-state index in [0.717, 1.165) is 12.0 Å². The fourth-order valence-electron chi connectivity index (χ4n) is 3.83. The molecule has 7 nitrogen and oxygen atoms in total. The Morgan fingerprint density at radius 2 is 2.03 bits per heavy atom. The number of hydrogen-bond acceptors (Lipinski definition) is 5. The van der Waals surface area contributed by atoms with Gasteiger partial charge in [-0.05, 0) is 44.7 Å². The molecule has 1 aromatic carbocycles. The Labute approximate surface area is 182 Å². The zero-order valence-corrected chi connectivity index (χ0v) is 18.8. The van der Waals surface area contributed by atoms with E-state index < -0.39 is 0 Å². The van der Waals surface area contributed by atoms with E-state index in [9.17, 15) is 9.59 Å². The minimum absolute atomic E-state index is 0.0405. The van der Waals surface area contributed by atoms with Crippen LogP contribution in [0.2, 0.25) is 0 Å². The van der Waals surface area contributed by atoms with Gasteiger partial charge in [-0.2, -0.15) is 0 Å². The second kappa shape index (κ2) is 10.6. The maximum atomic E-state index is 12.4. The third-order valence-corrected chi connectivity index (χ3v) is 6.55. The van der Waals surface area contributed by atoms with Crippen molar-refractivity contribution in [3.05, 3.63) is 41.2 Å².